The van der Waals surface area contributed by atoms with E-state index in [9.17, 15) is 19.5 Å². The van der Waals surface area contributed by atoms with Crippen molar-refractivity contribution in [2.45, 2.75) is 13.8 Å². The Hall–Kier alpha value is -3.23. The van der Waals surface area contributed by atoms with E-state index in [2.05, 4.69) is 10.2 Å². The third kappa shape index (κ3) is 4.13. The standard InChI is InChI=1S/C14H14N4O5/c1-7-3-4-8(2)9(5-7)23-6-10(19)17-18-11-12(20)15-14(22)16-13(11)21/h3-5H,6H2,1-2H3,(H3,15,16,20,21,22). The number of carbonyl (C=O) groups is 1. The molecule has 1 amide bonds. The molecule has 0 spiro atoms. The van der Waals surface area contributed by atoms with Crippen molar-refractivity contribution in [2.75, 3.05) is 6.61 Å². The van der Waals surface area contributed by atoms with Crippen LogP contribution in [0.4, 0.5) is 5.69 Å². The third-order valence-electron chi connectivity index (χ3n) is 2.85. The van der Waals surface area contributed by atoms with Crippen molar-refractivity contribution in [1.29, 1.82) is 0 Å². The number of aromatic hydroxyl groups is 1. The largest absolute Gasteiger partial charge is 0.493 e. The zero-order valence-electron chi connectivity index (χ0n) is 12.4. The first-order valence-electron chi connectivity index (χ1n) is 6.57. The van der Waals surface area contributed by atoms with Crippen LogP contribution in [0.3, 0.4) is 0 Å². The Morgan fingerprint density at radius 1 is 1.26 bits per heavy atom. The van der Waals surface area contributed by atoms with Gasteiger partial charge in [0.1, 0.15) is 5.75 Å². The predicted octanol–water partition coefficient (Wildman–Crippen LogP) is 1.07. The van der Waals surface area contributed by atoms with Crippen molar-refractivity contribution in [3.63, 3.8) is 0 Å². The smallest absolute Gasteiger partial charge is 0.328 e. The summed E-state index contributed by atoms with van der Waals surface area (Å²) >= 11 is 0. The molecule has 0 unspecified atom stereocenters. The van der Waals surface area contributed by atoms with Gasteiger partial charge in [0.15, 0.2) is 6.61 Å². The van der Waals surface area contributed by atoms with Gasteiger partial charge in [-0.15, -0.1) is 10.2 Å². The number of H-pyrrole nitrogens is 2. The first kappa shape index (κ1) is 16.1. The fraction of sp³-hybridized carbons (Fsp3) is 0.214. The maximum absolute atomic E-state index is 11.6. The number of hydrogen-bond donors (Lipinski definition) is 3. The molecule has 1 aromatic carbocycles. The van der Waals surface area contributed by atoms with E-state index in [-0.39, 0.29) is 6.61 Å². The van der Waals surface area contributed by atoms with E-state index in [0.29, 0.717) is 5.75 Å². The minimum absolute atomic E-state index is 0.379. The molecule has 2 aromatic rings. The van der Waals surface area contributed by atoms with Gasteiger partial charge in [0, 0.05) is 0 Å². The minimum Gasteiger partial charge on any atom is -0.493 e. The zero-order chi connectivity index (χ0) is 17.0. The van der Waals surface area contributed by atoms with Gasteiger partial charge in [-0.1, -0.05) is 12.1 Å². The Balaban J connectivity index is 2.07. The Morgan fingerprint density at radius 3 is 2.70 bits per heavy atom. The van der Waals surface area contributed by atoms with Crippen molar-refractivity contribution >= 4 is 11.6 Å². The Kier molecular flexibility index (Phi) is 4.69. The van der Waals surface area contributed by atoms with Crippen LogP contribution >= 0.6 is 0 Å². The number of nitrogens with one attached hydrogen (secondary N) is 2. The molecule has 9 nitrogen and oxygen atoms in total. The molecule has 2 rings (SSSR count). The van der Waals surface area contributed by atoms with Crippen LogP contribution in [0, 0.1) is 13.8 Å². The second-order valence-corrected chi connectivity index (χ2v) is 4.76. The molecule has 1 heterocycles. The molecule has 0 fully saturated rings. The van der Waals surface area contributed by atoms with Gasteiger partial charge in [0.2, 0.25) is 11.6 Å². The molecule has 0 aliphatic rings. The highest BCUT2D eigenvalue weighted by molar-refractivity contribution is 5.78. The number of ether oxygens (including phenoxy) is 1. The van der Waals surface area contributed by atoms with Crippen LogP contribution in [0.15, 0.2) is 38.0 Å². The molecular formula is C14H14N4O5. The number of hydrogen-bond acceptors (Lipinski definition) is 6. The molecule has 120 valence electrons. The summed E-state index contributed by atoms with van der Waals surface area (Å²) in [5.41, 5.74) is -0.585. The molecule has 1 aromatic heterocycles. The number of aryl methyl sites for hydroxylation is 2. The molecular weight excluding hydrogens is 304 g/mol. The van der Waals surface area contributed by atoms with E-state index in [1.54, 1.807) is 6.07 Å². The molecule has 0 aliphatic heterocycles. The van der Waals surface area contributed by atoms with Gasteiger partial charge >= 0.3 is 11.6 Å². The number of benzene rings is 1. The molecule has 9 heteroatoms. The van der Waals surface area contributed by atoms with Crippen LogP contribution < -0.4 is 16.0 Å². The number of amides is 1. The van der Waals surface area contributed by atoms with Gasteiger partial charge in [-0.3, -0.25) is 19.6 Å². The number of azo groups is 1. The normalized spacial score (nSPS) is 10.9. The summed E-state index contributed by atoms with van der Waals surface area (Å²) in [6, 6.07) is 5.54. The predicted molar refractivity (Wildman–Crippen MR) is 80.3 cm³/mol. The van der Waals surface area contributed by atoms with Crippen LogP contribution in [0.1, 0.15) is 11.1 Å². The first-order valence-corrected chi connectivity index (χ1v) is 6.57. The summed E-state index contributed by atoms with van der Waals surface area (Å²) in [7, 11) is 0. The number of carbonyl (C=O) groups excluding carboxylic acids is 1. The van der Waals surface area contributed by atoms with E-state index >= 15 is 0 Å². The molecule has 0 radical (unpaired) electrons. The Labute approximate surface area is 129 Å². The van der Waals surface area contributed by atoms with E-state index in [0.717, 1.165) is 11.1 Å². The van der Waals surface area contributed by atoms with Crippen molar-refractivity contribution in [3.8, 4) is 11.6 Å². The third-order valence-corrected chi connectivity index (χ3v) is 2.85. The van der Waals surface area contributed by atoms with E-state index < -0.39 is 28.7 Å². The van der Waals surface area contributed by atoms with E-state index in [1.807, 2.05) is 35.9 Å². The summed E-state index contributed by atoms with van der Waals surface area (Å²) in [6.45, 7) is 3.34. The van der Waals surface area contributed by atoms with Crippen LogP contribution in [0.25, 0.3) is 0 Å². The van der Waals surface area contributed by atoms with Gasteiger partial charge in [0.05, 0.1) is 0 Å². The maximum Gasteiger partial charge on any atom is 0.328 e. The van der Waals surface area contributed by atoms with Crippen molar-refractivity contribution in [1.82, 2.24) is 9.97 Å². The van der Waals surface area contributed by atoms with Crippen molar-refractivity contribution in [2.24, 2.45) is 10.2 Å². The van der Waals surface area contributed by atoms with Crippen molar-refractivity contribution < 1.29 is 14.6 Å². The molecule has 0 saturated heterocycles. The average molecular weight is 318 g/mol. The number of aromatic nitrogens is 2. The van der Waals surface area contributed by atoms with Gasteiger partial charge < -0.3 is 9.84 Å². The van der Waals surface area contributed by atoms with Crippen LogP contribution in [-0.2, 0) is 4.79 Å². The summed E-state index contributed by atoms with van der Waals surface area (Å²) < 4.78 is 5.34. The van der Waals surface area contributed by atoms with Gasteiger partial charge in [-0.25, -0.2) is 4.79 Å². The lowest BCUT2D eigenvalue weighted by Crippen LogP contribution is -2.21. The lowest BCUT2D eigenvalue weighted by atomic mass is 10.1. The summed E-state index contributed by atoms with van der Waals surface area (Å²) in [5.74, 6) is -0.986. The summed E-state index contributed by atoms with van der Waals surface area (Å²) in [5, 5.41) is 16.0. The summed E-state index contributed by atoms with van der Waals surface area (Å²) in [4.78, 5) is 37.7. The molecule has 23 heavy (non-hydrogen) atoms. The highest BCUT2D eigenvalue weighted by Gasteiger charge is 2.09. The molecule has 3 N–H and O–H groups in total. The molecule has 0 aliphatic carbocycles. The zero-order valence-corrected chi connectivity index (χ0v) is 12.4. The second-order valence-electron chi connectivity index (χ2n) is 4.76. The fourth-order valence-corrected chi connectivity index (χ4v) is 1.70. The lowest BCUT2D eigenvalue weighted by molar-refractivity contribution is -0.120. The summed E-state index contributed by atoms with van der Waals surface area (Å²) in [6.07, 6.45) is 0. The first-order chi connectivity index (χ1) is 10.9. The Morgan fingerprint density at radius 2 is 2.00 bits per heavy atom. The number of aromatic amines is 2. The highest BCUT2D eigenvalue weighted by atomic mass is 16.5. The maximum atomic E-state index is 11.6. The van der Waals surface area contributed by atoms with Crippen LogP contribution in [0.5, 0.6) is 11.6 Å². The lowest BCUT2D eigenvalue weighted by Gasteiger charge is -2.07. The van der Waals surface area contributed by atoms with E-state index in [4.69, 9.17) is 4.74 Å². The number of nitrogens with zero attached hydrogens (tertiary/aromatic N) is 2. The van der Waals surface area contributed by atoms with Crippen LogP contribution in [0.2, 0.25) is 0 Å². The van der Waals surface area contributed by atoms with Crippen LogP contribution in [-0.4, -0.2) is 27.6 Å². The SMILES string of the molecule is Cc1ccc(C)c(OCC(=O)N=Nc2c(O)[nH]c(=O)[nH]c2=O)c1. The second kappa shape index (κ2) is 6.69. The fourth-order valence-electron chi connectivity index (χ4n) is 1.70. The monoisotopic (exact) mass is 318 g/mol. The van der Waals surface area contributed by atoms with E-state index in [1.165, 1.54) is 0 Å². The van der Waals surface area contributed by atoms with Gasteiger partial charge in [0.25, 0.3) is 5.56 Å². The topological polar surface area (TPSA) is 137 Å². The highest BCUT2D eigenvalue weighted by Crippen LogP contribution is 2.19. The van der Waals surface area contributed by atoms with Crippen molar-refractivity contribution in [3.05, 3.63) is 50.2 Å². The average Bonchev–Trinajstić information content (AvgIpc) is 2.47. The molecule has 0 bridgehead atoms. The quantitative estimate of drug-likeness (QED) is 0.724. The number of rotatable bonds is 4. The molecule has 0 atom stereocenters. The van der Waals surface area contributed by atoms with Gasteiger partial charge in [-0.2, -0.15) is 0 Å². The minimum atomic E-state index is -0.960. The Bertz CT molecular complexity index is 881. The van der Waals surface area contributed by atoms with Gasteiger partial charge in [-0.05, 0) is 31.0 Å². The molecule has 0 saturated carbocycles.